The summed E-state index contributed by atoms with van der Waals surface area (Å²) in [5, 5.41) is 0.231. The van der Waals surface area contributed by atoms with Crippen molar-refractivity contribution in [3.05, 3.63) is 23.8 Å². The first-order valence-electron chi connectivity index (χ1n) is 13.3. The van der Waals surface area contributed by atoms with Crippen molar-refractivity contribution in [3.8, 4) is 11.5 Å². The van der Waals surface area contributed by atoms with Crippen molar-refractivity contribution in [1.82, 2.24) is 0 Å². The fourth-order valence-corrected chi connectivity index (χ4v) is 8.84. The molecule has 0 bridgehead atoms. The number of benzene rings is 1. The average molecular weight is 489 g/mol. The van der Waals surface area contributed by atoms with Crippen molar-refractivity contribution in [2.45, 2.75) is 110 Å². The minimum Gasteiger partial charge on any atom is -0.487 e. The molecule has 5 heteroatoms. The second-order valence-corrected chi connectivity index (χ2v) is 18.5. The summed E-state index contributed by atoms with van der Waals surface area (Å²) in [7, 11) is -0.163. The van der Waals surface area contributed by atoms with E-state index in [4.69, 9.17) is 18.6 Å². The number of rotatable bonds is 5. The van der Waals surface area contributed by atoms with Gasteiger partial charge in [-0.25, -0.2) is 0 Å². The SMILES string of the molecule is COCOc1cccc2c1C[C@@H]1[C@@]3(C)CC[C@H](O[Si](C)(C)C(C)(C)C)C(C)(C)[C@@H]3CC[C@]1(C)O2. The van der Waals surface area contributed by atoms with Crippen molar-refractivity contribution in [2.24, 2.45) is 22.7 Å². The summed E-state index contributed by atoms with van der Waals surface area (Å²) in [6, 6.07) is 6.20. The molecule has 0 unspecified atom stereocenters. The molecule has 0 radical (unpaired) electrons. The average Bonchev–Trinajstić information content (AvgIpc) is 2.72. The monoisotopic (exact) mass is 488 g/mol. The second kappa shape index (κ2) is 8.52. The molecule has 192 valence electrons. The maximum atomic E-state index is 7.11. The molecule has 0 spiro atoms. The molecule has 0 saturated heterocycles. The molecule has 2 saturated carbocycles. The Morgan fingerprint density at radius 1 is 1.03 bits per heavy atom. The van der Waals surface area contributed by atoms with E-state index in [-0.39, 0.29) is 28.3 Å². The summed E-state index contributed by atoms with van der Waals surface area (Å²) >= 11 is 0. The molecule has 1 aliphatic heterocycles. The summed E-state index contributed by atoms with van der Waals surface area (Å²) in [6.45, 7) is 22.0. The number of fused-ring (bicyclic) bond motifs is 4. The summed E-state index contributed by atoms with van der Waals surface area (Å²) in [5.74, 6) is 2.95. The molecule has 0 amide bonds. The van der Waals surface area contributed by atoms with E-state index >= 15 is 0 Å². The van der Waals surface area contributed by atoms with E-state index in [0.717, 1.165) is 30.8 Å². The Hall–Kier alpha value is -1.04. The highest BCUT2D eigenvalue weighted by Crippen LogP contribution is 2.65. The highest BCUT2D eigenvalue weighted by atomic mass is 28.4. The van der Waals surface area contributed by atoms with Crippen LogP contribution in [0.1, 0.15) is 79.7 Å². The zero-order chi connectivity index (χ0) is 25.2. The Bertz CT molecular complexity index is 904. The van der Waals surface area contributed by atoms with Crippen molar-refractivity contribution in [3.63, 3.8) is 0 Å². The van der Waals surface area contributed by atoms with E-state index in [2.05, 4.69) is 73.7 Å². The van der Waals surface area contributed by atoms with Gasteiger partial charge in [0.15, 0.2) is 15.1 Å². The molecule has 0 aromatic heterocycles. The van der Waals surface area contributed by atoms with Crippen LogP contribution in [0.15, 0.2) is 18.2 Å². The lowest BCUT2D eigenvalue weighted by atomic mass is 9.44. The highest BCUT2D eigenvalue weighted by molar-refractivity contribution is 6.74. The highest BCUT2D eigenvalue weighted by Gasteiger charge is 2.63. The van der Waals surface area contributed by atoms with Crippen molar-refractivity contribution in [2.75, 3.05) is 13.9 Å². The maximum Gasteiger partial charge on any atom is 0.192 e. The van der Waals surface area contributed by atoms with Crippen LogP contribution in [-0.4, -0.2) is 33.9 Å². The standard InChI is InChI=1S/C29H48O4Si/c1-26(2,3)34(9,10)33-25-15-16-28(6)23(27(25,4)5)14-17-29(7)24(28)18-20-21(31-19-30-8)12-11-13-22(20)32-29/h11-13,23-25H,14-19H2,1-10H3/t23-,24+,25-,28-,29-/m0/s1. The van der Waals surface area contributed by atoms with Gasteiger partial charge in [0.25, 0.3) is 0 Å². The van der Waals surface area contributed by atoms with Gasteiger partial charge in [-0.15, -0.1) is 0 Å². The molecule has 1 aromatic rings. The van der Waals surface area contributed by atoms with Gasteiger partial charge in [0.1, 0.15) is 17.1 Å². The number of hydrogen-bond donors (Lipinski definition) is 0. The lowest BCUT2D eigenvalue weighted by Gasteiger charge is -2.65. The van der Waals surface area contributed by atoms with Gasteiger partial charge in [-0.2, -0.15) is 0 Å². The number of hydrogen-bond acceptors (Lipinski definition) is 4. The van der Waals surface area contributed by atoms with E-state index in [1.165, 1.54) is 18.4 Å². The van der Waals surface area contributed by atoms with Gasteiger partial charge in [-0.1, -0.05) is 47.6 Å². The normalized spacial score (nSPS) is 34.9. The third kappa shape index (κ3) is 4.14. The number of ether oxygens (including phenoxy) is 3. The Morgan fingerprint density at radius 3 is 2.38 bits per heavy atom. The summed E-state index contributed by atoms with van der Waals surface area (Å²) in [5.41, 5.74) is 1.41. The first kappa shape index (κ1) is 26.0. The van der Waals surface area contributed by atoms with Crippen LogP contribution in [0.4, 0.5) is 0 Å². The molecule has 0 N–H and O–H groups in total. The first-order valence-corrected chi connectivity index (χ1v) is 16.2. The first-order chi connectivity index (χ1) is 15.7. The molecule has 1 heterocycles. The van der Waals surface area contributed by atoms with Gasteiger partial charge < -0.3 is 18.6 Å². The predicted octanol–water partition coefficient (Wildman–Crippen LogP) is 7.61. The van der Waals surface area contributed by atoms with E-state index in [9.17, 15) is 0 Å². The third-order valence-corrected chi connectivity index (χ3v) is 14.8. The molecule has 34 heavy (non-hydrogen) atoms. The van der Waals surface area contributed by atoms with Crippen LogP contribution in [-0.2, 0) is 15.6 Å². The van der Waals surface area contributed by atoms with Crippen LogP contribution in [0.5, 0.6) is 11.5 Å². The van der Waals surface area contributed by atoms with Crippen LogP contribution in [0, 0.1) is 22.7 Å². The van der Waals surface area contributed by atoms with Gasteiger partial charge in [-0.3, -0.25) is 0 Å². The minimum atomic E-state index is -1.83. The van der Waals surface area contributed by atoms with Gasteiger partial charge in [0.05, 0.1) is 6.10 Å². The molecule has 2 aliphatic carbocycles. The summed E-state index contributed by atoms with van der Waals surface area (Å²) < 4.78 is 25.1. The van der Waals surface area contributed by atoms with Crippen molar-refractivity contribution >= 4 is 8.32 Å². The molecule has 5 atom stereocenters. The van der Waals surface area contributed by atoms with Crippen LogP contribution >= 0.6 is 0 Å². The van der Waals surface area contributed by atoms with E-state index in [0.29, 0.717) is 17.9 Å². The Labute approximate surface area is 209 Å². The van der Waals surface area contributed by atoms with Crippen LogP contribution < -0.4 is 9.47 Å². The van der Waals surface area contributed by atoms with Gasteiger partial charge in [-0.05, 0) is 86.0 Å². The molecular formula is C29H48O4Si. The fourth-order valence-electron chi connectivity index (χ4n) is 7.35. The smallest absolute Gasteiger partial charge is 0.192 e. The quantitative estimate of drug-likeness (QED) is 0.316. The maximum absolute atomic E-state index is 7.11. The lowest BCUT2D eigenvalue weighted by molar-refractivity contribution is -0.188. The van der Waals surface area contributed by atoms with Gasteiger partial charge >= 0.3 is 0 Å². The molecule has 4 rings (SSSR count). The second-order valence-electron chi connectivity index (χ2n) is 13.8. The molecular weight excluding hydrogens is 440 g/mol. The van der Waals surface area contributed by atoms with Crippen molar-refractivity contribution in [1.29, 1.82) is 0 Å². The van der Waals surface area contributed by atoms with Gasteiger partial charge in [0.2, 0.25) is 0 Å². The minimum absolute atomic E-state index is 0.135. The Kier molecular flexibility index (Phi) is 6.52. The summed E-state index contributed by atoms with van der Waals surface area (Å²) in [6.07, 6.45) is 5.95. The molecule has 1 aromatic carbocycles. The third-order valence-electron chi connectivity index (χ3n) is 10.3. The predicted molar refractivity (Wildman–Crippen MR) is 141 cm³/mol. The van der Waals surface area contributed by atoms with E-state index < -0.39 is 8.32 Å². The topological polar surface area (TPSA) is 36.9 Å². The molecule has 2 fully saturated rings. The lowest BCUT2D eigenvalue weighted by Crippen LogP contribution is -2.64. The Balaban J connectivity index is 1.65. The van der Waals surface area contributed by atoms with Crippen molar-refractivity contribution < 1.29 is 18.6 Å². The Morgan fingerprint density at radius 2 is 1.74 bits per heavy atom. The van der Waals surface area contributed by atoms with Crippen LogP contribution in [0.3, 0.4) is 0 Å². The number of methoxy groups -OCH3 is 1. The molecule has 3 aliphatic rings. The van der Waals surface area contributed by atoms with Crippen LogP contribution in [0.25, 0.3) is 0 Å². The fraction of sp³-hybridized carbons (Fsp3) is 0.793. The van der Waals surface area contributed by atoms with Crippen LogP contribution in [0.2, 0.25) is 18.1 Å². The van der Waals surface area contributed by atoms with Gasteiger partial charge in [0, 0.05) is 18.6 Å². The molecule has 4 nitrogen and oxygen atoms in total. The summed E-state index contributed by atoms with van der Waals surface area (Å²) in [4.78, 5) is 0. The van der Waals surface area contributed by atoms with E-state index in [1.807, 2.05) is 6.07 Å². The zero-order valence-corrected chi connectivity index (χ0v) is 24.3. The zero-order valence-electron chi connectivity index (χ0n) is 23.3. The van der Waals surface area contributed by atoms with E-state index in [1.54, 1.807) is 7.11 Å². The largest absolute Gasteiger partial charge is 0.487 e.